The van der Waals surface area contributed by atoms with Crippen molar-refractivity contribution in [3.63, 3.8) is 0 Å². The quantitative estimate of drug-likeness (QED) is 0.871. The van der Waals surface area contributed by atoms with Crippen LogP contribution in [0.2, 0.25) is 5.02 Å². The minimum absolute atomic E-state index is 0.348. The normalized spacial score (nSPS) is 21.3. The molecule has 0 unspecified atom stereocenters. The Morgan fingerprint density at radius 1 is 1.30 bits per heavy atom. The summed E-state index contributed by atoms with van der Waals surface area (Å²) in [6.07, 6.45) is 3.49. The Kier molecular flexibility index (Phi) is 4.26. The van der Waals surface area contributed by atoms with E-state index in [1.165, 1.54) is 0 Å². The van der Waals surface area contributed by atoms with Gasteiger partial charge in [0.25, 0.3) is 0 Å². The van der Waals surface area contributed by atoms with E-state index in [1.54, 1.807) is 12.3 Å². The maximum atomic E-state index is 5.99. The van der Waals surface area contributed by atoms with Crippen molar-refractivity contribution < 1.29 is 9.31 Å². The van der Waals surface area contributed by atoms with Crippen molar-refractivity contribution in [1.82, 2.24) is 4.98 Å². The summed E-state index contributed by atoms with van der Waals surface area (Å²) >= 11 is 5.83. The summed E-state index contributed by atoms with van der Waals surface area (Å²) in [6.45, 7) is 8.41. The number of nitrogens with two attached hydrogens (primary N) is 1. The second-order valence-corrected chi connectivity index (χ2v) is 6.35. The SMILES string of the molecule is CC1(C)OB(C(=Cc2ccc(Cl)cn2)CN)OC1(C)C. The third-order valence-electron chi connectivity index (χ3n) is 3.88. The van der Waals surface area contributed by atoms with E-state index in [0.29, 0.717) is 11.6 Å². The Bertz CT molecular complexity index is 498. The van der Waals surface area contributed by atoms with E-state index in [2.05, 4.69) is 4.98 Å². The lowest BCUT2D eigenvalue weighted by Crippen LogP contribution is -2.41. The zero-order valence-electron chi connectivity index (χ0n) is 12.3. The lowest BCUT2D eigenvalue weighted by Gasteiger charge is -2.32. The minimum atomic E-state index is -0.442. The Hall–Kier alpha value is -0.875. The molecule has 6 heteroatoms. The molecule has 1 aromatic rings. The summed E-state index contributed by atoms with van der Waals surface area (Å²) in [5, 5.41) is 0.604. The molecule has 1 saturated heterocycles. The molecule has 2 N–H and O–H groups in total. The van der Waals surface area contributed by atoms with Gasteiger partial charge in [-0.05, 0) is 51.4 Å². The first-order valence-corrected chi connectivity index (χ1v) is 7.01. The van der Waals surface area contributed by atoms with Crippen molar-refractivity contribution in [2.24, 2.45) is 5.73 Å². The predicted octanol–water partition coefficient (Wildman–Crippen LogP) is 2.71. The van der Waals surface area contributed by atoms with Gasteiger partial charge in [-0.3, -0.25) is 4.98 Å². The van der Waals surface area contributed by atoms with Crippen LogP contribution in [-0.4, -0.2) is 29.8 Å². The second-order valence-electron chi connectivity index (χ2n) is 5.91. The van der Waals surface area contributed by atoms with Gasteiger partial charge in [0.15, 0.2) is 0 Å². The molecular formula is C14H20BClN2O2. The molecule has 20 heavy (non-hydrogen) atoms. The number of aromatic nitrogens is 1. The van der Waals surface area contributed by atoms with Gasteiger partial charge in [0.05, 0.1) is 21.9 Å². The highest BCUT2D eigenvalue weighted by atomic mass is 35.5. The molecule has 0 atom stereocenters. The third-order valence-corrected chi connectivity index (χ3v) is 4.10. The number of nitrogens with zero attached hydrogens (tertiary/aromatic N) is 1. The number of pyridine rings is 1. The molecule has 0 amide bonds. The Morgan fingerprint density at radius 3 is 2.35 bits per heavy atom. The zero-order chi connectivity index (χ0) is 15.0. The second kappa shape index (κ2) is 5.49. The summed E-state index contributed by atoms with van der Waals surface area (Å²) < 4.78 is 12.0. The predicted molar refractivity (Wildman–Crippen MR) is 82.4 cm³/mol. The molecule has 4 nitrogen and oxygen atoms in total. The van der Waals surface area contributed by atoms with Crippen LogP contribution in [0, 0.1) is 0 Å². The molecule has 0 aliphatic carbocycles. The van der Waals surface area contributed by atoms with Gasteiger partial charge in [-0.25, -0.2) is 0 Å². The van der Waals surface area contributed by atoms with Gasteiger partial charge in [-0.2, -0.15) is 0 Å². The van der Waals surface area contributed by atoms with Gasteiger partial charge in [-0.15, -0.1) is 0 Å². The van der Waals surface area contributed by atoms with Crippen LogP contribution in [0.15, 0.2) is 23.8 Å². The van der Waals surface area contributed by atoms with Crippen LogP contribution in [0.3, 0.4) is 0 Å². The van der Waals surface area contributed by atoms with Crippen LogP contribution in [0.5, 0.6) is 0 Å². The van der Waals surface area contributed by atoms with Crippen LogP contribution in [-0.2, 0) is 9.31 Å². The molecule has 0 bridgehead atoms. The minimum Gasteiger partial charge on any atom is -0.400 e. The molecule has 108 valence electrons. The molecule has 1 aliphatic rings. The Morgan fingerprint density at radius 2 is 1.90 bits per heavy atom. The molecule has 0 aromatic carbocycles. The summed E-state index contributed by atoms with van der Waals surface area (Å²) in [6, 6.07) is 3.63. The van der Waals surface area contributed by atoms with Gasteiger partial charge in [0.2, 0.25) is 0 Å². The average molecular weight is 295 g/mol. The fraction of sp³-hybridized carbons (Fsp3) is 0.500. The number of rotatable bonds is 3. The highest BCUT2D eigenvalue weighted by Gasteiger charge is 2.52. The fourth-order valence-electron chi connectivity index (χ4n) is 1.88. The molecule has 0 radical (unpaired) electrons. The first-order valence-electron chi connectivity index (χ1n) is 6.63. The Labute approximate surface area is 125 Å². The highest BCUT2D eigenvalue weighted by molar-refractivity contribution is 6.55. The lowest BCUT2D eigenvalue weighted by atomic mass is 9.77. The molecule has 0 saturated carbocycles. The van der Waals surface area contributed by atoms with Crippen molar-refractivity contribution in [2.75, 3.05) is 6.54 Å². The first-order chi connectivity index (χ1) is 9.25. The van der Waals surface area contributed by atoms with Gasteiger partial charge in [-0.1, -0.05) is 11.6 Å². The summed E-state index contributed by atoms with van der Waals surface area (Å²) in [7, 11) is -0.442. The topological polar surface area (TPSA) is 57.4 Å². The third kappa shape index (κ3) is 3.06. The van der Waals surface area contributed by atoms with Crippen LogP contribution in [0.25, 0.3) is 6.08 Å². The van der Waals surface area contributed by atoms with Crippen molar-refractivity contribution in [2.45, 2.75) is 38.9 Å². The van der Waals surface area contributed by atoms with E-state index in [0.717, 1.165) is 11.2 Å². The van der Waals surface area contributed by atoms with Crippen LogP contribution < -0.4 is 5.73 Å². The van der Waals surface area contributed by atoms with Crippen molar-refractivity contribution in [3.8, 4) is 0 Å². The summed E-state index contributed by atoms with van der Waals surface area (Å²) in [5.41, 5.74) is 6.72. The summed E-state index contributed by atoms with van der Waals surface area (Å²) in [5.74, 6) is 0. The summed E-state index contributed by atoms with van der Waals surface area (Å²) in [4.78, 5) is 4.24. The van der Waals surface area contributed by atoms with Gasteiger partial charge < -0.3 is 15.0 Å². The molecule has 1 aliphatic heterocycles. The van der Waals surface area contributed by atoms with Crippen LogP contribution in [0.1, 0.15) is 33.4 Å². The first kappa shape index (κ1) is 15.5. The van der Waals surface area contributed by atoms with Gasteiger partial charge in [0, 0.05) is 12.7 Å². The maximum Gasteiger partial charge on any atom is 0.491 e. The van der Waals surface area contributed by atoms with E-state index >= 15 is 0 Å². The molecule has 0 spiro atoms. The van der Waals surface area contributed by atoms with E-state index in [9.17, 15) is 0 Å². The monoisotopic (exact) mass is 294 g/mol. The van der Waals surface area contributed by atoms with Gasteiger partial charge in [0.1, 0.15) is 0 Å². The number of halogens is 1. The zero-order valence-corrected chi connectivity index (χ0v) is 13.1. The van der Waals surface area contributed by atoms with E-state index in [1.807, 2.05) is 39.8 Å². The molecule has 2 heterocycles. The molecule has 1 aromatic heterocycles. The standard InChI is InChI=1S/C14H20BClN2O2/c1-13(2)14(3,4)20-15(19-13)10(8-17)7-12-6-5-11(16)9-18-12/h5-7,9H,8,17H2,1-4H3. The maximum absolute atomic E-state index is 5.99. The van der Waals surface area contributed by atoms with Crippen LogP contribution in [0.4, 0.5) is 0 Å². The molecular weight excluding hydrogens is 274 g/mol. The van der Waals surface area contributed by atoms with Gasteiger partial charge >= 0.3 is 7.12 Å². The van der Waals surface area contributed by atoms with Crippen LogP contribution >= 0.6 is 11.6 Å². The largest absolute Gasteiger partial charge is 0.491 e. The number of hydrogen-bond donors (Lipinski definition) is 1. The smallest absolute Gasteiger partial charge is 0.400 e. The van der Waals surface area contributed by atoms with Crippen molar-refractivity contribution in [3.05, 3.63) is 34.5 Å². The lowest BCUT2D eigenvalue weighted by molar-refractivity contribution is 0.00578. The highest BCUT2D eigenvalue weighted by Crippen LogP contribution is 2.38. The number of hydrogen-bond acceptors (Lipinski definition) is 4. The van der Waals surface area contributed by atoms with E-state index in [4.69, 9.17) is 26.6 Å². The van der Waals surface area contributed by atoms with Crippen molar-refractivity contribution >= 4 is 24.8 Å². The van der Waals surface area contributed by atoms with Crippen molar-refractivity contribution in [1.29, 1.82) is 0 Å². The fourth-order valence-corrected chi connectivity index (χ4v) is 1.99. The molecule has 1 fully saturated rings. The Balaban J connectivity index is 2.24. The van der Waals surface area contributed by atoms with E-state index < -0.39 is 7.12 Å². The van der Waals surface area contributed by atoms with E-state index in [-0.39, 0.29) is 11.2 Å². The molecule has 2 rings (SSSR count). The average Bonchev–Trinajstić information content (AvgIpc) is 2.57.